The highest BCUT2D eigenvalue weighted by Crippen LogP contribution is 2.00. The van der Waals surface area contributed by atoms with Gasteiger partial charge in [-0.15, -0.1) is 0 Å². The lowest BCUT2D eigenvalue weighted by Crippen LogP contribution is -2.33. The first-order chi connectivity index (χ1) is 10.3. The Morgan fingerprint density at radius 2 is 1.64 bits per heavy atom. The maximum Gasteiger partial charge on any atom is 0.335 e. The fourth-order valence-corrected chi connectivity index (χ4v) is 1.03. The molecule has 0 aromatic heterocycles. The van der Waals surface area contributed by atoms with Crippen LogP contribution in [0.3, 0.4) is 0 Å². The first kappa shape index (κ1) is 20.2. The summed E-state index contributed by atoms with van der Waals surface area (Å²) in [4.78, 5) is 44.8. The predicted octanol–water partition coefficient (Wildman–Crippen LogP) is -1.36. The molecule has 0 radical (unpaired) electrons. The molecule has 0 bridgehead atoms. The Hall–Kier alpha value is -1.84. The van der Waals surface area contributed by atoms with E-state index in [1.807, 2.05) is 0 Å². The van der Waals surface area contributed by atoms with Crippen molar-refractivity contribution in [3.05, 3.63) is 0 Å². The van der Waals surface area contributed by atoms with Gasteiger partial charge < -0.3 is 24.1 Å². The molecule has 126 valence electrons. The number of ketones is 2. The lowest BCUT2D eigenvalue weighted by Gasteiger charge is -2.15. The molecule has 0 aliphatic rings. The molecule has 0 aliphatic carbocycles. The van der Waals surface area contributed by atoms with E-state index >= 15 is 0 Å². The zero-order valence-corrected chi connectivity index (χ0v) is 12.7. The van der Waals surface area contributed by atoms with Gasteiger partial charge in [-0.3, -0.25) is 9.59 Å². The second kappa shape index (κ2) is 10.8. The van der Waals surface area contributed by atoms with Crippen LogP contribution >= 0.6 is 0 Å². The molecule has 22 heavy (non-hydrogen) atoms. The van der Waals surface area contributed by atoms with E-state index in [4.69, 9.17) is 19.3 Å². The Labute approximate surface area is 127 Å². The molecule has 0 fully saturated rings. The Morgan fingerprint density at radius 3 is 2.18 bits per heavy atom. The molecule has 0 spiro atoms. The second-order valence-corrected chi connectivity index (χ2v) is 4.27. The summed E-state index contributed by atoms with van der Waals surface area (Å²) in [6.45, 7) is 0.549. The third kappa shape index (κ3) is 8.45. The smallest absolute Gasteiger partial charge is 0.335 e. The van der Waals surface area contributed by atoms with Gasteiger partial charge in [0.1, 0.15) is 19.8 Å². The molecule has 2 unspecified atom stereocenters. The third-order valence-corrected chi connectivity index (χ3v) is 2.47. The van der Waals surface area contributed by atoms with E-state index in [0.717, 1.165) is 0 Å². The number of hydrogen-bond acceptors (Lipinski definition) is 9. The van der Waals surface area contributed by atoms with Gasteiger partial charge in [-0.1, -0.05) is 0 Å². The Bertz CT molecular complexity index is 404. The maximum absolute atomic E-state index is 11.6. The largest absolute Gasteiger partial charge is 0.456 e. The van der Waals surface area contributed by atoms with Gasteiger partial charge >= 0.3 is 11.9 Å². The summed E-state index contributed by atoms with van der Waals surface area (Å²) in [5.41, 5.74) is 0. The molecule has 0 amide bonds. The minimum Gasteiger partial charge on any atom is -0.456 e. The Balaban J connectivity index is 3.95. The molecule has 2 atom stereocenters. The maximum atomic E-state index is 11.6. The van der Waals surface area contributed by atoms with Crippen LogP contribution < -0.4 is 0 Å². The minimum atomic E-state index is -1.04. The van der Waals surface area contributed by atoms with Gasteiger partial charge in [0.15, 0.2) is 30.4 Å². The topological polar surface area (TPSA) is 125 Å². The highest BCUT2D eigenvalue weighted by molar-refractivity contribution is 5.87. The highest BCUT2D eigenvalue weighted by atomic mass is 16.6. The lowest BCUT2D eigenvalue weighted by atomic mass is 10.2. The van der Waals surface area contributed by atoms with E-state index in [9.17, 15) is 19.2 Å². The second-order valence-electron chi connectivity index (χ2n) is 4.27. The molecule has 0 rings (SSSR count). The average molecular weight is 320 g/mol. The van der Waals surface area contributed by atoms with Gasteiger partial charge in [-0.25, -0.2) is 9.59 Å². The Morgan fingerprint density at radius 1 is 1.00 bits per heavy atom. The minimum absolute atomic E-state index is 0.459. The standard InChI is InChI=1S/C13H20O9/c1-8(22-13(18)9(2)19-3)11(16)6-20-7-12(17)21-5-10(15)4-14/h8-9,14H,4-7H2,1-3H3. The Kier molecular flexibility index (Phi) is 9.92. The van der Waals surface area contributed by atoms with E-state index in [0.29, 0.717) is 0 Å². The number of Topliss-reactive ketones (excluding diaryl/α,β-unsaturated/α-hetero) is 2. The molecule has 1 N–H and O–H groups in total. The number of methoxy groups -OCH3 is 1. The third-order valence-electron chi connectivity index (χ3n) is 2.47. The normalized spacial score (nSPS) is 13.1. The van der Waals surface area contributed by atoms with E-state index in [-0.39, 0.29) is 0 Å². The average Bonchev–Trinajstić information content (AvgIpc) is 2.51. The fourth-order valence-electron chi connectivity index (χ4n) is 1.03. The molecule has 9 nitrogen and oxygen atoms in total. The van der Waals surface area contributed by atoms with Crippen LogP contribution in [-0.4, -0.2) is 74.4 Å². The molecule has 0 heterocycles. The first-order valence-electron chi connectivity index (χ1n) is 6.43. The molecule has 0 aromatic carbocycles. The van der Waals surface area contributed by atoms with Crippen LogP contribution in [0.15, 0.2) is 0 Å². The molecule has 0 aliphatic heterocycles. The fraction of sp³-hybridized carbons (Fsp3) is 0.692. The number of aliphatic hydroxyl groups excluding tert-OH is 1. The SMILES string of the molecule is COC(C)C(=O)OC(C)C(=O)COCC(=O)OCC(=O)CO. The van der Waals surface area contributed by atoms with Gasteiger partial charge in [0, 0.05) is 7.11 Å². The summed E-state index contributed by atoms with van der Waals surface area (Å²) >= 11 is 0. The molecule has 0 saturated carbocycles. The van der Waals surface area contributed by atoms with Gasteiger partial charge in [-0.2, -0.15) is 0 Å². The van der Waals surface area contributed by atoms with Crippen LogP contribution in [0.25, 0.3) is 0 Å². The van der Waals surface area contributed by atoms with Gasteiger partial charge in [0.2, 0.25) is 0 Å². The van der Waals surface area contributed by atoms with Crippen molar-refractivity contribution in [1.82, 2.24) is 0 Å². The van der Waals surface area contributed by atoms with Crippen LogP contribution in [0.4, 0.5) is 0 Å². The first-order valence-corrected chi connectivity index (χ1v) is 6.43. The summed E-state index contributed by atoms with van der Waals surface area (Å²) in [6, 6.07) is 0. The quantitative estimate of drug-likeness (QED) is 0.459. The molecule has 0 aromatic rings. The van der Waals surface area contributed by atoms with Crippen molar-refractivity contribution in [2.24, 2.45) is 0 Å². The van der Waals surface area contributed by atoms with Gasteiger partial charge in [-0.05, 0) is 13.8 Å². The van der Waals surface area contributed by atoms with Crippen molar-refractivity contribution in [1.29, 1.82) is 0 Å². The van der Waals surface area contributed by atoms with Crippen LogP contribution in [0, 0.1) is 0 Å². The summed E-state index contributed by atoms with van der Waals surface area (Å²) in [5.74, 6) is -2.74. The van der Waals surface area contributed by atoms with Gasteiger partial charge in [0.05, 0.1) is 0 Å². The molecular formula is C13H20O9. The van der Waals surface area contributed by atoms with Crippen molar-refractivity contribution in [3.63, 3.8) is 0 Å². The van der Waals surface area contributed by atoms with E-state index < -0.39 is 62.1 Å². The lowest BCUT2D eigenvalue weighted by molar-refractivity contribution is -0.164. The number of carbonyl (C=O) groups is 4. The molecule has 0 saturated heterocycles. The summed E-state index contributed by atoms with van der Waals surface area (Å²) in [5, 5.41) is 8.42. The summed E-state index contributed by atoms with van der Waals surface area (Å²) < 4.78 is 18.8. The number of esters is 2. The zero-order valence-electron chi connectivity index (χ0n) is 12.7. The highest BCUT2D eigenvalue weighted by Gasteiger charge is 2.22. The zero-order chi connectivity index (χ0) is 17.1. The number of hydrogen-bond donors (Lipinski definition) is 1. The van der Waals surface area contributed by atoms with Crippen molar-refractivity contribution in [2.75, 3.05) is 33.5 Å². The number of ether oxygens (including phenoxy) is 4. The summed E-state index contributed by atoms with van der Waals surface area (Å²) in [7, 11) is 1.33. The van der Waals surface area contributed by atoms with Crippen molar-refractivity contribution >= 4 is 23.5 Å². The van der Waals surface area contributed by atoms with Crippen molar-refractivity contribution in [3.8, 4) is 0 Å². The van der Waals surface area contributed by atoms with E-state index in [1.54, 1.807) is 0 Å². The van der Waals surface area contributed by atoms with Gasteiger partial charge in [0.25, 0.3) is 0 Å². The van der Waals surface area contributed by atoms with Crippen LogP contribution in [-0.2, 0) is 38.1 Å². The molecular weight excluding hydrogens is 300 g/mol. The van der Waals surface area contributed by atoms with Crippen LogP contribution in [0.1, 0.15) is 13.8 Å². The van der Waals surface area contributed by atoms with Crippen molar-refractivity contribution in [2.45, 2.75) is 26.1 Å². The monoisotopic (exact) mass is 320 g/mol. The van der Waals surface area contributed by atoms with Crippen LogP contribution in [0.2, 0.25) is 0 Å². The number of carbonyl (C=O) groups excluding carboxylic acids is 4. The number of aliphatic hydroxyl groups is 1. The van der Waals surface area contributed by atoms with E-state index in [2.05, 4.69) is 4.74 Å². The summed E-state index contributed by atoms with van der Waals surface area (Å²) in [6.07, 6.45) is -1.84. The number of rotatable bonds is 11. The molecule has 9 heteroatoms. The van der Waals surface area contributed by atoms with E-state index in [1.165, 1.54) is 21.0 Å². The predicted molar refractivity (Wildman–Crippen MR) is 70.9 cm³/mol. The van der Waals surface area contributed by atoms with Crippen molar-refractivity contribution < 1.29 is 43.2 Å². The van der Waals surface area contributed by atoms with Crippen LogP contribution in [0.5, 0.6) is 0 Å².